The number of nitriles is 1. The number of alkyl halides is 3. The first-order valence-electron chi connectivity index (χ1n) is 6.56. The zero-order valence-corrected chi connectivity index (χ0v) is 12.8. The van der Waals surface area contributed by atoms with Gasteiger partial charge in [-0.1, -0.05) is 0 Å². The van der Waals surface area contributed by atoms with Gasteiger partial charge in [-0.05, 0) is 12.1 Å². The van der Waals surface area contributed by atoms with E-state index in [1.807, 2.05) is 0 Å². The Bertz CT molecular complexity index is 1060. The quantitative estimate of drug-likeness (QED) is 0.466. The molecule has 1 heterocycles. The number of nitrogens with two attached hydrogens (primary N) is 1. The van der Waals surface area contributed by atoms with Crippen LogP contribution in [0, 0.1) is 17.1 Å². The van der Waals surface area contributed by atoms with Crippen molar-refractivity contribution in [3.8, 4) is 11.8 Å². The number of rotatable bonds is 2. The number of nitrogen functional groups attached to an aromatic ring is 1. The van der Waals surface area contributed by atoms with E-state index in [-0.39, 0.29) is 15.3 Å². The molecule has 2 rings (SSSR count). The fourth-order valence-corrected chi connectivity index (χ4v) is 2.10. The zero-order chi connectivity index (χ0) is 19.8. The average molecular weight is 372 g/mol. The summed E-state index contributed by atoms with van der Waals surface area (Å²) in [6, 6.07) is 2.68. The third-order valence-electron chi connectivity index (χ3n) is 3.28. The van der Waals surface area contributed by atoms with E-state index in [4.69, 9.17) is 11.1 Å². The molecule has 8 nitrogen and oxygen atoms in total. The molecule has 0 aliphatic carbocycles. The number of aromatic nitrogens is 2. The molecule has 2 aromatic rings. The Morgan fingerprint density at radius 2 is 1.88 bits per heavy atom. The van der Waals surface area contributed by atoms with Crippen molar-refractivity contribution >= 4 is 5.97 Å². The highest BCUT2D eigenvalue weighted by Crippen LogP contribution is 2.26. The van der Waals surface area contributed by atoms with Crippen LogP contribution in [0.5, 0.6) is 0 Å². The molecule has 0 saturated carbocycles. The number of halogens is 4. The SMILES string of the molecule is COC(=O)c1cc(-n2c(=O)cc(C(F)(F)F)n(N)c2=O)c(F)cc1C#N. The second kappa shape index (κ2) is 6.36. The summed E-state index contributed by atoms with van der Waals surface area (Å²) in [5.41, 5.74) is -6.82. The van der Waals surface area contributed by atoms with Crippen LogP contribution in [-0.4, -0.2) is 22.3 Å². The molecular formula is C14H8F4N4O4. The van der Waals surface area contributed by atoms with Crippen molar-refractivity contribution in [2.75, 3.05) is 13.0 Å². The van der Waals surface area contributed by atoms with Crippen LogP contribution in [0.25, 0.3) is 5.69 Å². The van der Waals surface area contributed by atoms with Crippen LogP contribution in [-0.2, 0) is 10.9 Å². The van der Waals surface area contributed by atoms with E-state index in [1.54, 1.807) is 0 Å². The fraction of sp³-hybridized carbons (Fsp3) is 0.143. The summed E-state index contributed by atoms with van der Waals surface area (Å²) in [6.45, 7) is 0. The molecule has 0 amide bonds. The second-order valence-electron chi connectivity index (χ2n) is 4.81. The predicted octanol–water partition coefficient (Wildman–Crippen LogP) is 0.529. The molecule has 1 aromatic carbocycles. The molecule has 2 N–H and O–H groups in total. The van der Waals surface area contributed by atoms with Crippen LogP contribution in [0.1, 0.15) is 21.6 Å². The highest BCUT2D eigenvalue weighted by molar-refractivity contribution is 5.92. The summed E-state index contributed by atoms with van der Waals surface area (Å²) in [5.74, 6) is 2.66. The lowest BCUT2D eigenvalue weighted by Gasteiger charge is -2.14. The topological polar surface area (TPSA) is 120 Å². The lowest BCUT2D eigenvalue weighted by Crippen LogP contribution is -2.45. The van der Waals surface area contributed by atoms with Crippen molar-refractivity contribution < 1.29 is 27.1 Å². The molecule has 0 bridgehead atoms. The number of carbonyl (C=O) groups is 1. The number of carbonyl (C=O) groups excluding carboxylic acids is 1. The van der Waals surface area contributed by atoms with E-state index in [0.29, 0.717) is 12.1 Å². The van der Waals surface area contributed by atoms with Gasteiger partial charge >= 0.3 is 17.8 Å². The maximum absolute atomic E-state index is 14.2. The first-order valence-corrected chi connectivity index (χ1v) is 6.56. The van der Waals surface area contributed by atoms with Crippen molar-refractivity contribution in [2.45, 2.75) is 6.18 Å². The van der Waals surface area contributed by atoms with Gasteiger partial charge in [-0.2, -0.15) is 18.4 Å². The van der Waals surface area contributed by atoms with Crippen LogP contribution in [0.3, 0.4) is 0 Å². The molecular weight excluding hydrogens is 364 g/mol. The number of methoxy groups -OCH3 is 1. The molecule has 12 heteroatoms. The minimum Gasteiger partial charge on any atom is -0.465 e. The maximum Gasteiger partial charge on any atom is 0.433 e. The smallest absolute Gasteiger partial charge is 0.433 e. The number of benzene rings is 1. The van der Waals surface area contributed by atoms with Gasteiger partial charge in [-0.15, -0.1) is 0 Å². The first-order chi connectivity index (χ1) is 12.0. The largest absolute Gasteiger partial charge is 0.465 e. The maximum atomic E-state index is 14.2. The summed E-state index contributed by atoms with van der Waals surface area (Å²) in [5, 5.41) is 8.92. The van der Waals surface area contributed by atoms with Crippen molar-refractivity contribution in [2.24, 2.45) is 0 Å². The van der Waals surface area contributed by atoms with E-state index in [9.17, 15) is 31.9 Å². The van der Waals surface area contributed by atoms with Crippen molar-refractivity contribution in [3.63, 3.8) is 0 Å². The summed E-state index contributed by atoms with van der Waals surface area (Å²) < 4.78 is 56.6. The normalized spacial score (nSPS) is 11.1. The van der Waals surface area contributed by atoms with Gasteiger partial charge in [0.2, 0.25) is 0 Å². The van der Waals surface area contributed by atoms with Crippen LogP contribution in [0.2, 0.25) is 0 Å². The van der Waals surface area contributed by atoms with Crippen LogP contribution < -0.4 is 17.1 Å². The van der Waals surface area contributed by atoms with Crippen LogP contribution in [0.15, 0.2) is 27.8 Å². The molecule has 0 aliphatic heterocycles. The lowest BCUT2D eigenvalue weighted by molar-refractivity contribution is -0.143. The van der Waals surface area contributed by atoms with Gasteiger partial charge in [0.1, 0.15) is 11.9 Å². The Morgan fingerprint density at radius 1 is 1.27 bits per heavy atom. The highest BCUT2D eigenvalue weighted by atomic mass is 19.4. The average Bonchev–Trinajstić information content (AvgIpc) is 2.57. The van der Waals surface area contributed by atoms with Gasteiger partial charge < -0.3 is 10.6 Å². The summed E-state index contributed by atoms with van der Waals surface area (Å²) in [4.78, 5) is 35.7. The second-order valence-corrected chi connectivity index (χ2v) is 4.81. The molecule has 0 aliphatic rings. The molecule has 0 radical (unpaired) electrons. The van der Waals surface area contributed by atoms with Crippen molar-refractivity contribution in [1.82, 2.24) is 9.24 Å². The van der Waals surface area contributed by atoms with Gasteiger partial charge in [0.15, 0.2) is 5.69 Å². The Labute approximate surface area is 141 Å². The molecule has 136 valence electrons. The first kappa shape index (κ1) is 18.7. The van der Waals surface area contributed by atoms with E-state index in [0.717, 1.165) is 7.11 Å². The van der Waals surface area contributed by atoms with E-state index in [2.05, 4.69) is 4.74 Å². The van der Waals surface area contributed by atoms with E-state index >= 15 is 0 Å². The number of nitrogens with zero attached hydrogens (tertiary/aromatic N) is 3. The minimum atomic E-state index is -5.10. The van der Waals surface area contributed by atoms with Gasteiger partial charge in [-0.3, -0.25) is 4.79 Å². The molecule has 0 unspecified atom stereocenters. The van der Waals surface area contributed by atoms with Gasteiger partial charge in [0.05, 0.1) is 23.9 Å². The van der Waals surface area contributed by atoms with Crippen LogP contribution >= 0.6 is 0 Å². The predicted molar refractivity (Wildman–Crippen MR) is 77.5 cm³/mol. The van der Waals surface area contributed by atoms with Crippen molar-refractivity contribution in [3.05, 3.63) is 61.7 Å². The monoisotopic (exact) mass is 372 g/mol. The molecule has 1 aromatic heterocycles. The van der Waals surface area contributed by atoms with Crippen molar-refractivity contribution in [1.29, 1.82) is 5.26 Å². The van der Waals surface area contributed by atoms with Gasteiger partial charge in [0.25, 0.3) is 5.56 Å². The Morgan fingerprint density at radius 3 is 2.38 bits per heavy atom. The Hall–Kier alpha value is -3.62. The van der Waals surface area contributed by atoms with Crippen LogP contribution in [0.4, 0.5) is 17.6 Å². The standard InChI is InChI=1S/C14H8F4N4O4/c1-26-12(24)7-3-9(8(15)2-6(7)5-19)21-11(23)4-10(14(16,17)18)22(20)13(21)25/h2-4H,20H2,1H3. The molecule has 0 atom stereocenters. The van der Waals surface area contributed by atoms with E-state index < -0.39 is 51.7 Å². The molecule has 0 fully saturated rings. The molecule has 26 heavy (non-hydrogen) atoms. The third-order valence-corrected chi connectivity index (χ3v) is 3.28. The summed E-state index contributed by atoms with van der Waals surface area (Å²) in [7, 11) is 0.962. The molecule has 0 spiro atoms. The third kappa shape index (κ3) is 3.02. The number of hydrogen-bond donors (Lipinski definition) is 1. The Balaban J connectivity index is 2.88. The number of hydrogen-bond acceptors (Lipinski definition) is 6. The zero-order valence-electron chi connectivity index (χ0n) is 12.8. The Kier molecular flexibility index (Phi) is 4.57. The van der Waals surface area contributed by atoms with Gasteiger partial charge in [0, 0.05) is 6.07 Å². The highest BCUT2D eigenvalue weighted by Gasteiger charge is 2.36. The fourth-order valence-electron chi connectivity index (χ4n) is 2.10. The van der Waals surface area contributed by atoms with E-state index in [1.165, 1.54) is 6.07 Å². The minimum absolute atomic E-state index is 0.00182. The molecule has 0 saturated heterocycles. The summed E-state index contributed by atoms with van der Waals surface area (Å²) >= 11 is 0. The lowest BCUT2D eigenvalue weighted by atomic mass is 10.1. The number of esters is 1. The summed E-state index contributed by atoms with van der Waals surface area (Å²) in [6.07, 6.45) is -5.10. The number of ether oxygens (including phenoxy) is 1. The van der Waals surface area contributed by atoms with Gasteiger partial charge in [-0.25, -0.2) is 23.2 Å².